The lowest BCUT2D eigenvalue weighted by Gasteiger charge is -2.21. The number of aliphatic hydroxyl groups excluding tert-OH is 2. The largest absolute Gasteiger partial charge is 0.481 e. The van der Waals surface area contributed by atoms with E-state index in [0.717, 1.165) is 67.8 Å². The van der Waals surface area contributed by atoms with Gasteiger partial charge in [-0.05, 0) is 30.7 Å². The third kappa shape index (κ3) is 28.9. The number of esters is 2. The topological polar surface area (TPSA) is 265 Å². The average Bonchev–Trinajstić information content (AvgIpc) is 3.55. The molecule has 20 heteroatoms. The molecule has 67 heavy (non-hydrogen) atoms. The van der Waals surface area contributed by atoms with Crippen LogP contribution in [0.1, 0.15) is 207 Å². The standard InChI is InChI=1S/C47H87N3O15P2/c1-5-38(4)29-25-21-17-13-10-11-15-19-23-27-31-43(52)63-39(34-60-42(51)30-26-22-18-14-9-7-6-8-12-16-20-24-28-37(2)3)35-61-66(56,57)65-67(58,59)62-36-40-44(53)45(54)46(64-40)50-33-32-41(48)49-47(50)55/h32-33,37-40,44-46,53-54H,5-31,34-36H2,1-4H3,(H,56,57)(H,58,59)(H2,48,49,55)/t38?,39-,40-,44+,45?,46-/m1/s1. The van der Waals surface area contributed by atoms with Crippen molar-refractivity contribution in [2.24, 2.45) is 11.8 Å². The number of aliphatic hydroxyl groups is 2. The molecule has 18 nitrogen and oxygen atoms in total. The minimum atomic E-state index is -5.42. The normalized spacial score (nSPS) is 20.1. The van der Waals surface area contributed by atoms with Crippen molar-refractivity contribution >= 4 is 33.4 Å². The van der Waals surface area contributed by atoms with Gasteiger partial charge in [0.05, 0.1) is 13.2 Å². The van der Waals surface area contributed by atoms with E-state index in [4.69, 9.17) is 29.0 Å². The van der Waals surface area contributed by atoms with Gasteiger partial charge in [-0.1, -0.05) is 175 Å². The molecule has 1 saturated heterocycles. The summed E-state index contributed by atoms with van der Waals surface area (Å²) < 4.78 is 56.8. The molecule has 0 amide bonds. The van der Waals surface area contributed by atoms with E-state index in [-0.39, 0.29) is 18.7 Å². The molecule has 390 valence electrons. The third-order valence-corrected chi connectivity index (χ3v) is 14.8. The van der Waals surface area contributed by atoms with Gasteiger partial charge in [0.2, 0.25) is 0 Å². The fraction of sp³-hybridized carbons (Fsp3) is 0.872. The summed E-state index contributed by atoms with van der Waals surface area (Å²) in [4.78, 5) is 61.9. The van der Waals surface area contributed by atoms with E-state index in [1.165, 1.54) is 109 Å². The molecule has 0 aliphatic carbocycles. The number of aromatic nitrogens is 2. The second kappa shape index (κ2) is 35.0. The molecule has 8 atom stereocenters. The van der Waals surface area contributed by atoms with Gasteiger partial charge < -0.3 is 39.9 Å². The van der Waals surface area contributed by atoms with Gasteiger partial charge in [-0.15, -0.1) is 0 Å². The first-order valence-electron chi connectivity index (χ1n) is 25.3. The van der Waals surface area contributed by atoms with Crippen molar-refractivity contribution in [3.8, 4) is 0 Å². The summed E-state index contributed by atoms with van der Waals surface area (Å²) in [7, 11) is -10.8. The van der Waals surface area contributed by atoms with Gasteiger partial charge in [0, 0.05) is 19.0 Å². The van der Waals surface area contributed by atoms with E-state index in [1.807, 2.05) is 0 Å². The molecule has 1 aliphatic heterocycles. The number of unbranched alkanes of at least 4 members (excludes halogenated alkanes) is 20. The first-order valence-corrected chi connectivity index (χ1v) is 28.3. The Morgan fingerprint density at radius 2 is 1.19 bits per heavy atom. The predicted octanol–water partition coefficient (Wildman–Crippen LogP) is 9.99. The number of hydrogen-bond donors (Lipinski definition) is 5. The van der Waals surface area contributed by atoms with E-state index in [0.29, 0.717) is 12.8 Å². The van der Waals surface area contributed by atoms with Crippen molar-refractivity contribution in [1.82, 2.24) is 9.55 Å². The Labute approximate surface area is 400 Å². The SMILES string of the molecule is CCC(C)CCCCCCCCCCCCC(=O)O[C@H](COC(=O)CCCCCCCCCCCCCCC(C)C)COP(=O)(O)OP(=O)(O)OC[C@H]1O[C@@H](n2ccc(N)nc2=O)C(O)[C@H]1O. The van der Waals surface area contributed by atoms with Crippen LogP contribution in [-0.2, 0) is 46.3 Å². The highest BCUT2D eigenvalue weighted by Gasteiger charge is 2.46. The van der Waals surface area contributed by atoms with Crippen molar-refractivity contribution in [2.75, 3.05) is 25.6 Å². The molecular formula is C47H87N3O15P2. The van der Waals surface area contributed by atoms with Crippen molar-refractivity contribution in [3.63, 3.8) is 0 Å². The lowest BCUT2D eigenvalue weighted by molar-refractivity contribution is -0.161. The predicted molar refractivity (Wildman–Crippen MR) is 257 cm³/mol. The Balaban J connectivity index is 1.80. The van der Waals surface area contributed by atoms with Crippen LogP contribution >= 0.6 is 15.6 Å². The number of carbonyl (C=O) groups is 2. The molecule has 6 N–H and O–H groups in total. The lowest BCUT2D eigenvalue weighted by Crippen LogP contribution is -2.36. The smallest absolute Gasteiger partial charge is 0.462 e. The van der Waals surface area contributed by atoms with Crippen LogP contribution in [0.2, 0.25) is 0 Å². The monoisotopic (exact) mass is 996 g/mol. The van der Waals surface area contributed by atoms with Gasteiger partial charge in [0.1, 0.15) is 30.7 Å². The summed E-state index contributed by atoms with van der Waals surface area (Å²) in [6, 6.07) is 1.25. The maximum Gasteiger partial charge on any atom is 0.481 e. The van der Waals surface area contributed by atoms with Gasteiger partial charge in [-0.2, -0.15) is 9.29 Å². The highest BCUT2D eigenvalue weighted by atomic mass is 31.3. The number of carbonyl (C=O) groups excluding carboxylic acids is 2. The number of anilines is 1. The molecule has 0 aromatic carbocycles. The molecule has 1 aliphatic rings. The quantitative estimate of drug-likeness (QED) is 0.0232. The van der Waals surface area contributed by atoms with E-state index in [1.54, 1.807) is 0 Å². The minimum Gasteiger partial charge on any atom is -0.462 e. The number of nitrogen functional groups attached to an aromatic ring is 1. The van der Waals surface area contributed by atoms with E-state index in [9.17, 15) is 43.5 Å². The van der Waals surface area contributed by atoms with Gasteiger partial charge in [-0.3, -0.25) is 23.2 Å². The first kappa shape index (κ1) is 60.9. The van der Waals surface area contributed by atoms with Crippen LogP contribution < -0.4 is 11.4 Å². The van der Waals surface area contributed by atoms with Crippen molar-refractivity contribution in [2.45, 2.75) is 232 Å². The van der Waals surface area contributed by atoms with E-state index in [2.05, 4.69) is 37.0 Å². The summed E-state index contributed by atoms with van der Waals surface area (Å²) in [5.41, 5.74) is 4.59. The zero-order valence-corrected chi connectivity index (χ0v) is 42.8. The molecular weight excluding hydrogens is 908 g/mol. The fourth-order valence-corrected chi connectivity index (χ4v) is 9.94. The Morgan fingerprint density at radius 3 is 1.70 bits per heavy atom. The Hall–Kier alpha value is -2.24. The van der Waals surface area contributed by atoms with Crippen molar-refractivity contribution in [1.29, 1.82) is 0 Å². The molecule has 2 heterocycles. The molecule has 0 bridgehead atoms. The second-order valence-electron chi connectivity index (χ2n) is 18.8. The molecule has 4 unspecified atom stereocenters. The number of phosphoric ester groups is 2. The number of rotatable bonds is 41. The molecule has 0 spiro atoms. The van der Waals surface area contributed by atoms with Crippen LogP contribution in [0.3, 0.4) is 0 Å². The summed E-state index contributed by atoms with van der Waals surface area (Å²) in [5, 5.41) is 20.9. The van der Waals surface area contributed by atoms with E-state index >= 15 is 0 Å². The Bertz CT molecular complexity index is 1650. The molecule has 0 saturated carbocycles. The van der Waals surface area contributed by atoms with Gasteiger partial charge in [0.25, 0.3) is 0 Å². The second-order valence-corrected chi connectivity index (χ2v) is 21.8. The Kier molecular flexibility index (Phi) is 31.8. The molecule has 2 rings (SSSR count). The first-order chi connectivity index (χ1) is 31.9. The third-order valence-electron chi connectivity index (χ3n) is 12.2. The van der Waals surface area contributed by atoms with Gasteiger partial charge >= 0.3 is 33.3 Å². The Morgan fingerprint density at radius 1 is 0.716 bits per heavy atom. The number of ether oxygens (including phenoxy) is 3. The number of hydrogen-bond acceptors (Lipinski definition) is 15. The van der Waals surface area contributed by atoms with Crippen LogP contribution in [0.4, 0.5) is 5.82 Å². The highest BCUT2D eigenvalue weighted by molar-refractivity contribution is 7.61. The van der Waals surface area contributed by atoms with Gasteiger partial charge in [0.15, 0.2) is 12.3 Å². The molecule has 1 aromatic rings. The number of nitrogens with two attached hydrogens (primary N) is 1. The van der Waals surface area contributed by atoms with Crippen LogP contribution in [0.5, 0.6) is 0 Å². The summed E-state index contributed by atoms with van der Waals surface area (Å²) in [5.74, 6) is 0.299. The van der Waals surface area contributed by atoms with Crippen LogP contribution in [-0.4, -0.2) is 85.7 Å². The fourth-order valence-electron chi connectivity index (χ4n) is 7.83. The summed E-state index contributed by atoms with van der Waals surface area (Å²) >= 11 is 0. The summed E-state index contributed by atoms with van der Waals surface area (Å²) in [6.45, 7) is 6.80. The van der Waals surface area contributed by atoms with Crippen LogP contribution in [0, 0.1) is 11.8 Å². The maximum atomic E-state index is 12.8. The zero-order chi connectivity index (χ0) is 49.5. The average molecular weight is 996 g/mol. The van der Waals surface area contributed by atoms with Crippen LogP contribution in [0.15, 0.2) is 17.1 Å². The minimum absolute atomic E-state index is 0.0557. The number of phosphoric acid groups is 2. The molecule has 1 fully saturated rings. The summed E-state index contributed by atoms with van der Waals surface area (Å²) in [6.07, 6.45) is 21.9. The van der Waals surface area contributed by atoms with Gasteiger partial charge in [-0.25, -0.2) is 13.9 Å². The van der Waals surface area contributed by atoms with Crippen LogP contribution in [0.25, 0.3) is 0 Å². The molecule has 0 radical (unpaired) electrons. The van der Waals surface area contributed by atoms with Crippen molar-refractivity contribution in [3.05, 3.63) is 22.7 Å². The lowest BCUT2D eigenvalue weighted by atomic mass is 9.99. The van der Waals surface area contributed by atoms with Crippen molar-refractivity contribution < 1.29 is 66.3 Å². The molecule has 1 aromatic heterocycles. The zero-order valence-electron chi connectivity index (χ0n) is 41.1. The number of nitrogens with zero attached hydrogens (tertiary/aromatic N) is 2. The maximum absolute atomic E-state index is 12.8. The highest BCUT2D eigenvalue weighted by Crippen LogP contribution is 2.60. The van der Waals surface area contributed by atoms with E-state index < -0.39 is 83.7 Å².